The summed E-state index contributed by atoms with van der Waals surface area (Å²) in [5.41, 5.74) is 3.81. The third-order valence-electron chi connectivity index (χ3n) is 5.30. The SMILES string of the molecule is COCn1c(-c2ccccc2)c(C(CC(F)(F)F)c2ccccc2)c2ccccc21. The molecule has 1 atom stereocenters. The zero-order chi connectivity index (χ0) is 21.1. The summed E-state index contributed by atoms with van der Waals surface area (Å²) in [7, 11) is 1.59. The molecular formula is C25H22F3NO. The molecule has 0 N–H and O–H groups in total. The Bertz CT molecular complexity index is 1120. The van der Waals surface area contributed by atoms with E-state index in [1.54, 1.807) is 31.4 Å². The molecule has 154 valence electrons. The highest BCUT2D eigenvalue weighted by Gasteiger charge is 2.36. The van der Waals surface area contributed by atoms with Gasteiger partial charge in [0.25, 0.3) is 0 Å². The molecule has 0 aliphatic carbocycles. The first-order chi connectivity index (χ1) is 14.5. The Morgan fingerprint density at radius 3 is 2.07 bits per heavy atom. The van der Waals surface area contributed by atoms with Gasteiger partial charge in [-0.1, -0.05) is 78.9 Å². The zero-order valence-corrected chi connectivity index (χ0v) is 16.6. The van der Waals surface area contributed by atoms with Crippen LogP contribution in [0.3, 0.4) is 0 Å². The number of hydrogen-bond donors (Lipinski definition) is 0. The second kappa shape index (κ2) is 8.36. The second-order valence-electron chi connectivity index (χ2n) is 7.27. The monoisotopic (exact) mass is 409 g/mol. The van der Waals surface area contributed by atoms with E-state index >= 15 is 0 Å². The molecule has 0 spiro atoms. The largest absolute Gasteiger partial charge is 0.390 e. The summed E-state index contributed by atoms with van der Waals surface area (Å²) in [5, 5.41) is 0.812. The van der Waals surface area contributed by atoms with Gasteiger partial charge in [-0.3, -0.25) is 0 Å². The van der Waals surface area contributed by atoms with Crippen LogP contribution in [0, 0.1) is 0 Å². The molecule has 0 saturated carbocycles. The van der Waals surface area contributed by atoms with Gasteiger partial charge < -0.3 is 9.30 Å². The van der Waals surface area contributed by atoms with E-state index in [4.69, 9.17) is 4.74 Å². The van der Waals surface area contributed by atoms with Crippen molar-refractivity contribution in [1.82, 2.24) is 4.57 Å². The van der Waals surface area contributed by atoms with Gasteiger partial charge in [0.15, 0.2) is 0 Å². The van der Waals surface area contributed by atoms with Crippen LogP contribution < -0.4 is 0 Å². The van der Waals surface area contributed by atoms with Crippen LogP contribution in [-0.2, 0) is 11.5 Å². The van der Waals surface area contributed by atoms with Crippen LogP contribution in [0.2, 0.25) is 0 Å². The Hall–Kier alpha value is -3.05. The van der Waals surface area contributed by atoms with Gasteiger partial charge in [0.1, 0.15) is 6.73 Å². The quantitative estimate of drug-likeness (QED) is 0.334. The standard InChI is InChI=1S/C25H22F3NO/c1-30-17-29-22-15-9-8-14-20(22)23(24(29)19-12-6-3-7-13-19)21(16-25(26,27)28)18-10-4-2-5-11-18/h2-15,21H,16-17H2,1H3. The fourth-order valence-corrected chi connectivity index (χ4v) is 4.16. The van der Waals surface area contributed by atoms with Gasteiger partial charge in [-0.2, -0.15) is 13.2 Å². The third-order valence-corrected chi connectivity index (χ3v) is 5.30. The number of methoxy groups -OCH3 is 1. The molecule has 30 heavy (non-hydrogen) atoms. The molecule has 3 aromatic carbocycles. The number of rotatable bonds is 6. The molecule has 0 amide bonds. The molecule has 0 bridgehead atoms. The van der Waals surface area contributed by atoms with Crippen molar-refractivity contribution in [2.75, 3.05) is 7.11 Å². The van der Waals surface area contributed by atoms with Crippen molar-refractivity contribution in [3.8, 4) is 11.3 Å². The molecule has 1 aromatic heterocycles. The number of benzene rings is 3. The summed E-state index contributed by atoms with van der Waals surface area (Å²) in [5.74, 6) is -0.829. The molecule has 5 heteroatoms. The molecule has 1 heterocycles. The average molecular weight is 409 g/mol. The van der Waals surface area contributed by atoms with Crippen LogP contribution in [0.4, 0.5) is 13.2 Å². The van der Waals surface area contributed by atoms with Gasteiger partial charge in [0, 0.05) is 18.4 Å². The molecule has 0 aliphatic heterocycles. The van der Waals surface area contributed by atoms with Crippen LogP contribution in [-0.4, -0.2) is 17.9 Å². The molecule has 4 aromatic rings. The van der Waals surface area contributed by atoms with E-state index in [0.29, 0.717) is 11.1 Å². The van der Waals surface area contributed by atoms with Gasteiger partial charge in [-0.15, -0.1) is 0 Å². The smallest absolute Gasteiger partial charge is 0.364 e. The predicted octanol–water partition coefficient (Wildman–Crippen LogP) is 7.00. The summed E-state index contributed by atoms with van der Waals surface area (Å²) < 4.78 is 48.6. The van der Waals surface area contributed by atoms with Crippen molar-refractivity contribution in [3.05, 3.63) is 96.1 Å². The van der Waals surface area contributed by atoms with Crippen molar-refractivity contribution in [1.29, 1.82) is 0 Å². The second-order valence-corrected chi connectivity index (χ2v) is 7.27. The lowest BCUT2D eigenvalue weighted by atomic mass is 9.85. The van der Waals surface area contributed by atoms with E-state index in [0.717, 1.165) is 22.2 Å². The fourth-order valence-electron chi connectivity index (χ4n) is 4.16. The van der Waals surface area contributed by atoms with E-state index < -0.39 is 18.5 Å². The van der Waals surface area contributed by atoms with Crippen molar-refractivity contribution in [2.24, 2.45) is 0 Å². The molecule has 0 aliphatic rings. The number of hydrogen-bond acceptors (Lipinski definition) is 1. The highest BCUT2D eigenvalue weighted by molar-refractivity contribution is 5.93. The maximum absolute atomic E-state index is 13.7. The van der Waals surface area contributed by atoms with Crippen LogP contribution in [0.1, 0.15) is 23.5 Å². The number of fused-ring (bicyclic) bond motifs is 1. The Morgan fingerprint density at radius 1 is 0.833 bits per heavy atom. The number of aromatic nitrogens is 1. The summed E-state index contributed by atoms with van der Waals surface area (Å²) in [6.45, 7) is 0.248. The topological polar surface area (TPSA) is 14.2 Å². The van der Waals surface area contributed by atoms with Gasteiger partial charge >= 0.3 is 6.18 Å². The van der Waals surface area contributed by atoms with Crippen molar-refractivity contribution in [2.45, 2.75) is 25.2 Å². The Morgan fingerprint density at radius 2 is 1.43 bits per heavy atom. The summed E-state index contributed by atoms with van der Waals surface area (Å²) in [4.78, 5) is 0. The van der Waals surface area contributed by atoms with Gasteiger partial charge in [0.2, 0.25) is 0 Å². The number of ether oxygens (including phenoxy) is 1. The van der Waals surface area contributed by atoms with Crippen LogP contribution in [0.25, 0.3) is 22.2 Å². The minimum Gasteiger partial charge on any atom is -0.364 e. The molecule has 0 fully saturated rings. The number of para-hydroxylation sites is 1. The maximum atomic E-state index is 13.7. The predicted molar refractivity (Wildman–Crippen MR) is 113 cm³/mol. The van der Waals surface area contributed by atoms with E-state index in [-0.39, 0.29) is 6.73 Å². The fraction of sp³-hybridized carbons (Fsp3) is 0.200. The van der Waals surface area contributed by atoms with Gasteiger partial charge in [0.05, 0.1) is 17.6 Å². The highest BCUT2D eigenvalue weighted by atomic mass is 19.4. The summed E-state index contributed by atoms with van der Waals surface area (Å²) >= 11 is 0. The van der Waals surface area contributed by atoms with E-state index in [1.807, 2.05) is 65.2 Å². The van der Waals surface area contributed by atoms with Crippen molar-refractivity contribution >= 4 is 10.9 Å². The van der Waals surface area contributed by atoms with Crippen molar-refractivity contribution in [3.63, 3.8) is 0 Å². The van der Waals surface area contributed by atoms with Crippen LogP contribution >= 0.6 is 0 Å². The number of halogens is 3. The Labute approximate surface area is 173 Å². The Kier molecular flexibility index (Phi) is 5.64. The first-order valence-corrected chi connectivity index (χ1v) is 9.77. The van der Waals surface area contributed by atoms with E-state index in [2.05, 4.69) is 0 Å². The molecule has 2 nitrogen and oxygen atoms in total. The van der Waals surface area contributed by atoms with Crippen molar-refractivity contribution < 1.29 is 17.9 Å². The first kappa shape index (κ1) is 20.2. The van der Waals surface area contributed by atoms with Gasteiger partial charge in [-0.05, 0) is 22.8 Å². The first-order valence-electron chi connectivity index (χ1n) is 9.77. The van der Waals surface area contributed by atoms with Crippen LogP contribution in [0.15, 0.2) is 84.9 Å². The lowest BCUT2D eigenvalue weighted by molar-refractivity contribution is -0.136. The minimum atomic E-state index is -4.31. The normalized spacial score (nSPS) is 12.9. The van der Waals surface area contributed by atoms with Gasteiger partial charge in [-0.25, -0.2) is 0 Å². The number of alkyl halides is 3. The molecule has 0 radical (unpaired) electrons. The average Bonchev–Trinajstić information content (AvgIpc) is 3.07. The summed E-state index contributed by atoms with van der Waals surface area (Å²) in [6.07, 6.45) is -5.24. The highest BCUT2D eigenvalue weighted by Crippen LogP contribution is 2.45. The minimum absolute atomic E-state index is 0.248. The van der Waals surface area contributed by atoms with E-state index in [1.165, 1.54) is 0 Å². The van der Waals surface area contributed by atoms with E-state index in [9.17, 15) is 13.2 Å². The Balaban J connectivity index is 2.07. The zero-order valence-electron chi connectivity index (χ0n) is 16.6. The lowest BCUT2D eigenvalue weighted by Gasteiger charge is -2.22. The summed E-state index contributed by atoms with van der Waals surface area (Å²) in [6, 6.07) is 26.1. The maximum Gasteiger partial charge on any atom is 0.390 e. The number of nitrogens with zero attached hydrogens (tertiary/aromatic N) is 1. The molecule has 4 rings (SSSR count). The molecular weight excluding hydrogens is 387 g/mol. The molecule has 1 unspecified atom stereocenters. The van der Waals surface area contributed by atoms with Crippen LogP contribution in [0.5, 0.6) is 0 Å². The third kappa shape index (κ3) is 3.98. The lowest BCUT2D eigenvalue weighted by Crippen LogP contribution is -2.16. The molecule has 0 saturated heterocycles.